The van der Waals surface area contributed by atoms with Crippen molar-refractivity contribution in [1.82, 2.24) is 14.7 Å². The fraction of sp³-hybridized carbons (Fsp3) is 0.667. The summed E-state index contributed by atoms with van der Waals surface area (Å²) in [4.78, 5) is 13.5. The highest BCUT2D eigenvalue weighted by molar-refractivity contribution is 5.75. The Labute approximate surface area is 95.2 Å². The largest absolute Gasteiger partial charge is 0.300 e. The Bertz CT molecular complexity index is 420. The second-order valence-electron chi connectivity index (χ2n) is 4.95. The molecule has 4 nitrogen and oxygen atoms in total. The minimum absolute atomic E-state index is 0.483. The fourth-order valence-corrected chi connectivity index (χ4v) is 2.60. The van der Waals surface area contributed by atoms with Gasteiger partial charge < -0.3 is 4.90 Å². The van der Waals surface area contributed by atoms with Crippen LogP contribution in [0.3, 0.4) is 0 Å². The molecule has 0 amide bonds. The van der Waals surface area contributed by atoms with Gasteiger partial charge in [0.05, 0.1) is 11.7 Å². The first-order chi connectivity index (χ1) is 7.79. The van der Waals surface area contributed by atoms with Crippen molar-refractivity contribution in [2.75, 3.05) is 13.6 Å². The van der Waals surface area contributed by atoms with E-state index in [2.05, 4.69) is 17.0 Å². The lowest BCUT2D eigenvalue weighted by Crippen LogP contribution is -2.26. The molecular weight excluding hydrogens is 202 g/mol. The predicted octanol–water partition coefficient (Wildman–Crippen LogP) is 1.41. The summed E-state index contributed by atoms with van der Waals surface area (Å²) in [6.07, 6.45) is 5.59. The van der Waals surface area contributed by atoms with Crippen LogP contribution in [0.25, 0.3) is 0 Å². The van der Waals surface area contributed by atoms with Gasteiger partial charge in [0.15, 0.2) is 6.29 Å². The van der Waals surface area contributed by atoms with E-state index in [0.29, 0.717) is 6.04 Å². The van der Waals surface area contributed by atoms with Gasteiger partial charge in [-0.1, -0.05) is 0 Å². The van der Waals surface area contributed by atoms with Crippen LogP contribution in [0.5, 0.6) is 0 Å². The minimum atomic E-state index is 0.483. The Kier molecular flexibility index (Phi) is 2.32. The number of hydrogen-bond acceptors (Lipinski definition) is 3. The van der Waals surface area contributed by atoms with Gasteiger partial charge in [0.25, 0.3) is 0 Å². The summed E-state index contributed by atoms with van der Waals surface area (Å²) in [5, 5.41) is 4.64. The predicted molar refractivity (Wildman–Crippen MR) is 60.5 cm³/mol. The van der Waals surface area contributed by atoms with Crippen molar-refractivity contribution < 1.29 is 4.79 Å². The summed E-state index contributed by atoms with van der Waals surface area (Å²) in [6, 6.07) is 0.483. The van der Waals surface area contributed by atoms with Crippen molar-refractivity contribution in [3.05, 3.63) is 17.0 Å². The van der Waals surface area contributed by atoms with Gasteiger partial charge in [0.2, 0.25) is 0 Å². The van der Waals surface area contributed by atoms with E-state index < -0.39 is 0 Å². The number of hydrogen-bond donors (Lipinski definition) is 0. The zero-order valence-corrected chi connectivity index (χ0v) is 9.65. The van der Waals surface area contributed by atoms with Crippen molar-refractivity contribution >= 4 is 6.29 Å². The van der Waals surface area contributed by atoms with Gasteiger partial charge in [-0.15, -0.1) is 0 Å². The lowest BCUT2D eigenvalue weighted by molar-refractivity contribution is 0.110. The molecule has 0 atom stereocenters. The van der Waals surface area contributed by atoms with Crippen molar-refractivity contribution in [2.24, 2.45) is 0 Å². The lowest BCUT2D eigenvalue weighted by Gasteiger charge is -2.26. The quantitative estimate of drug-likeness (QED) is 0.706. The molecule has 1 aliphatic carbocycles. The summed E-state index contributed by atoms with van der Waals surface area (Å²) in [7, 11) is 2.10. The molecule has 0 radical (unpaired) electrons. The number of carbonyl (C=O) groups is 1. The molecule has 1 aromatic heterocycles. The molecule has 3 rings (SSSR count). The normalized spacial score (nSPS) is 21.6. The van der Waals surface area contributed by atoms with Gasteiger partial charge in [0, 0.05) is 18.7 Å². The molecule has 0 bridgehead atoms. The zero-order chi connectivity index (χ0) is 11.1. The van der Waals surface area contributed by atoms with Crippen LogP contribution < -0.4 is 0 Å². The molecule has 16 heavy (non-hydrogen) atoms. The molecule has 0 aromatic carbocycles. The summed E-state index contributed by atoms with van der Waals surface area (Å²) < 4.78 is 1.99. The number of fused-ring (bicyclic) bond motifs is 1. The van der Waals surface area contributed by atoms with Crippen molar-refractivity contribution in [2.45, 2.75) is 38.3 Å². The average molecular weight is 219 g/mol. The molecular formula is C12H17N3O. The molecule has 1 fully saturated rings. The highest BCUT2D eigenvalue weighted by Crippen LogP contribution is 2.34. The topological polar surface area (TPSA) is 38.1 Å². The molecule has 4 heteroatoms. The number of rotatable bonds is 2. The molecule has 1 aliphatic heterocycles. The first kappa shape index (κ1) is 10.0. The summed E-state index contributed by atoms with van der Waals surface area (Å²) in [5.41, 5.74) is 3.15. The maximum absolute atomic E-state index is 11.2. The van der Waals surface area contributed by atoms with E-state index in [4.69, 9.17) is 0 Å². The molecule has 0 spiro atoms. The molecule has 0 N–H and O–H groups in total. The molecule has 86 valence electrons. The van der Waals surface area contributed by atoms with E-state index in [-0.39, 0.29) is 0 Å². The maximum atomic E-state index is 11.2. The third-order valence-electron chi connectivity index (χ3n) is 3.83. The number of likely N-dealkylation sites (N-methyl/N-ethyl adjacent to an activating group) is 1. The Balaban J connectivity index is 2.02. The standard InChI is InChI=1S/C12H17N3O/c1-14-6-5-10-11(7-14)13-15(12(10)8-16)9-3-2-4-9/h8-9H,2-7H2,1H3. The Hall–Kier alpha value is -1.16. The van der Waals surface area contributed by atoms with Gasteiger partial charge in [-0.3, -0.25) is 9.48 Å². The summed E-state index contributed by atoms with van der Waals surface area (Å²) in [5.74, 6) is 0. The third-order valence-corrected chi connectivity index (χ3v) is 3.83. The van der Waals surface area contributed by atoms with Gasteiger partial charge in [-0.25, -0.2) is 0 Å². The molecule has 2 aliphatic rings. The fourth-order valence-electron chi connectivity index (χ4n) is 2.60. The molecule has 1 aromatic rings. The molecule has 1 saturated carbocycles. The molecule has 0 saturated heterocycles. The van der Waals surface area contributed by atoms with Crippen molar-refractivity contribution in [3.63, 3.8) is 0 Å². The van der Waals surface area contributed by atoms with Crippen LogP contribution in [0.15, 0.2) is 0 Å². The number of carbonyl (C=O) groups excluding carboxylic acids is 1. The number of nitrogens with zero attached hydrogens (tertiary/aromatic N) is 3. The number of aromatic nitrogens is 2. The van der Waals surface area contributed by atoms with E-state index in [1.165, 1.54) is 24.8 Å². The van der Waals surface area contributed by atoms with Gasteiger partial charge in [0.1, 0.15) is 5.69 Å². The van der Waals surface area contributed by atoms with E-state index in [1.54, 1.807) is 0 Å². The second-order valence-corrected chi connectivity index (χ2v) is 4.95. The van der Waals surface area contributed by atoms with E-state index in [1.807, 2.05) is 4.68 Å². The van der Waals surface area contributed by atoms with Crippen LogP contribution in [-0.4, -0.2) is 34.6 Å². The van der Waals surface area contributed by atoms with Crippen molar-refractivity contribution in [1.29, 1.82) is 0 Å². The third kappa shape index (κ3) is 1.40. The highest BCUT2D eigenvalue weighted by atomic mass is 16.1. The maximum Gasteiger partial charge on any atom is 0.168 e. The highest BCUT2D eigenvalue weighted by Gasteiger charge is 2.28. The lowest BCUT2D eigenvalue weighted by atomic mass is 9.93. The van der Waals surface area contributed by atoms with Crippen LogP contribution in [-0.2, 0) is 13.0 Å². The van der Waals surface area contributed by atoms with Gasteiger partial charge >= 0.3 is 0 Å². The zero-order valence-electron chi connectivity index (χ0n) is 9.65. The van der Waals surface area contributed by atoms with E-state index >= 15 is 0 Å². The molecule has 0 unspecified atom stereocenters. The first-order valence-corrected chi connectivity index (χ1v) is 6.03. The Morgan fingerprint density at radius 1 is 1.44 bits per heavy atom. The molecule has 2 heterocycles. The summed E-state index contributed by atoms with van der Waals surface area (Å²) in [6.45, 7) is 1.92. The van der Waals surface area contributed by atoms with Crippen LogP contribution in [0.1, 0.15) is 47.1 Å². The Morgan fingerprint density at radius 3 is 2.88 bits per heavy atom. The average Bonchev–Trinajstić information content (AvgIpc) is 2.52. The van der Waals surface area contributed by atoms with Gasteiger partial charge in [-0.2, -0.15) is 5.10 Å². The van der Waals surface area contributed by atoms with Gasteiger partial charge in [-0.05, 0) is 32.7 Å². The monoisotopic (exact) mass is 219 g/mol. The Morgan fingerprint density at radius 2 is 2.25 bits per heavy atom. The second kappa shape index (κ2) is 3.70. The first-order valence-electron chi connectivity index (χ1n) is 6.03. The van der Waals surface area contributed by atoms with E-state index in [0.717, 1.165) is 37.2 Å². The van der Waals surface area contributed by atoms with E-state index in [9.17, 15) is 4.79 Å². The van der Waals surface area contributed by atoms with Crippen LogP contribution in [0.2, 0.25) is 0 Å². The summed E-state index contributed by atoms with van der Waals surface area (Å²) >= 11 is 0. The number of aldehydes is 1. The van der Waals surface area contributed by atoms with Crippen LogP contribution in [0, 0.1) is 0 Å². The minimum Gasteiger partial charge on any atom is -0.300 e. The van der Waals surface area contributed by atoms with Crippen LogP contribution >= 0.6 is 0 Å². The van der Waals surface area contributed by atoms with Crippen LogP contribution in [0.4, 0.5) is 0 Å². The van der Waals surface area contributed by atoms with Crippen molar-refractivity contribution in [3.8, 4) is 0 Å². The smallest absolute Gasteiger partial charge is 0.168 e. The SMILES string of the molecule is CN1CCc2c(nn(C3CCC3)c2C=O)C1.